The third kappa shape index (κ3) is 3.18. The molecule has 1 atom stereocenters. The summed E-state index contributed by atoms with van der Waals surface area (Å²) in [6, 6.07) is 5.93. The van der Waals surface area contributed by atoms with Crippen molar-refractivity contribution in [3.63, 3.8) is 0 Å². The second-order valence-electron chi connectivity index (χ2n) is 6.21. The van der Waals surface area contributed by atoms with Crippen LogP contribution < -0.4 is 4.90 Å². The summed E-state index contributed by atoms with van der Waals surface area (Å²) in [5.41, 5.74) is 0.760. The van der Waals surface area contributed by atoms with Gasteiger partial charge in [0.2, 0.25) is 5.78 Å². The maximum absolute atomic E-state index is 12.8. The van der Waals surface area contributed by atoms with Gasteiger partial charge >= 0.3 is 0 Å². The van der Waals surface area contributed by atoms with Crippen LogP contribution in [0.25, 0.3) is 0 Å². The molecule has 0 fully saturated rings. The van der Waals surface area contributed by atoms with E-state index < -0.39 is 23.5 Å². The van der Waals surface area contributed by atoms with E-state index in [9.17, 15) is 14.7 Å². The van der Waals surface area contributed by atoms with Crippen molar-refractivity contribution in [2.24, 2.45) is 0 Å². The molecule has 0 aromatic carbocycles. The first-order chi connectivity index (χ1) is 12.0. The molecular weight excluding hydrogens is 322 g/mol. The Hall–Kier alpha value is -2.93. The largest absolute Gasteiger partial charge is 0.503 e. The highest BCUT2D eigenvalue weighted by molar-refractivity contribution is 6.14. The summed E-state index contributed by atoms with van der Waals surface area (Å²) in [6.07, 6.45) is 4.58. The van der Waals surface area contributed by atoms with Crippen LogP contribution >= 0.6 is 0 Å². The van der Waals surface area contributed by atoms with Crippen LogP contribution in [0.3, 0.4) is 0 Å². The van der Waals surface area contributed by atoms with Crippen molar-refractivity contribution in [2.75, 3.05) is 27.2 Å². The number of nitrogens with zero attached hydrogens (tertiary/aromatic N) is 2. The first-order valence-electron chi connectivity index (χ1n) is 8.02. The molecule has 0 radical (unpaired) electrons. The van der Waals surface area contributed by atoms with Crippen molar-refractivity contribution in [1.29, 1.82) is 0 Å². The fraction of sp³-hybridized carbons (Fsp3) is 0.278. The Bertz CT molecular complexity index is 797. The van der Waals surface area contributed by atoms with Crippen molar-refractivity contribution < 1.29 is 24.0 Å². The quantitative estimate of drug-likeness (QED) is 0.742. The third-order valence-corrected chi connectivity index (χ3v) is 4.17. The summed E-state index contributed by atoms with van der Waals surface area (Å²) in [6.45, 7) is 1.09. The fourth-order valence-electron chi connectivity index (χ4n) is 2.89. The van der Waals surface area contributed by atoms with Gasteiger partial charge in [-0.25, -0.2) is 0 Å². The summed E-state index contributed by atoms with van der Waals surface area (Å²) >= 11 is 0. The molecule has 1 aliphatic heterocycles. The summed E-state index contributed by atoms with van der Waals surface area (Å²) < 4.78 is 5.17. The van der Waals surface area contributed by atoms with Gasteiger partial charge in [-0.1, -0.05) is 0 Å². The van der Waals surface area contributed by atoms with Crippen LogP contribution in [0.4, 0.5) is 0 Å². The maximum atomic E-state index is 12.8. The van der Waals surface area contributed by atoms with Gasteiger partial charge in [-0.2, -0.15) is 0 Å². The van der Waals surface area contributed by atoms with Crippen LogP contribution in [0.2, 0.25) is 0 Å². The van der Waals surface area contributed by atoms with Gasteiger partial charge < -0.3 is 19.3 Å². The number of likely N-dealkylation sites (N-methyl/N-ethyl adjacent to an activating group) is 1. The lowest BCUT2D eigenvalue weighted by molar-refractivity contribution is -0.857. The number of nitrogens with one attached hydrogen (secondary N) is 1. The summed E-state index contributed by atoms with van der Waals surface area (Å²) in [7, 11) is 3.95. The molecule has 2 aromatic rings. The normalized spacial score (nSPS) is 17.6. The first kappa shape index (κ1) is 16.9. The molecule has 0 saturated carbocycles. The Kier molecular flexibility index (Phi) is 4.67. The Balaban J connectivity index is 2.04. The molecule has 0 bridgehead atoms. The molecule has 130 valence electrons. The second-order valence-corrected chi connectivity index (χ2v) is 6.21. The van der Waals surface area contributed by atoms with E-state index in [1.165, 1.54) is 17.2 Å². The predicted molar refractivity (Wildman–Crippen MR) is 89.1 cm³/mol. The summed E-state index contributed by atoms with van der Waals surface area (Å²) in [4.78, 5) is 32.1. The van der Waals surface area contributed by atoms with Crippen molar-refractivity contribution >= 4 is 11.7 Å². The number of pyridine rings is 1. The summed E-state index contributed by atoms with van der Waals surface area (Å²) in [5.74, 6) is -1.46. The lowest BCUT2D eigenvalue weighted by atomic mass is 9.96. The molecule has 0 aliphatic carbocycles. The molecule has 1 aliphatic rings. The van der Waals surface area contributed by atoms with Crippen LogP contribution in [0.15, 0.2) is 58.7 Å². The van der Waals surface area contributed by atoms with Gasteiger partial charge in [0.05, 0.1) is 45.1 Å². The van der Waals surface area contributed by atoms with Gasteiger partial charge in [0.25, 0.3) is 5.91 Å². The zero-order valence-electron chi connectivity index (χ0n) is 14.1. The monoisotopic (exact) mass is 342 g/mol. The van der Waals surface area contributed by atoms with Crippen molar-refractivity contribution in [1.82, 2.24) is 9.88 Å². The van der Waals surface area contributed by atoms with E-state index in [0.29, 0.717) is 13.1 Å². The molecular formula is C18H20N3O4+. The number of carbonyl (C=O) groups is 2. The molecule has 7 heteroatoms. The number of furan rings is 1. The number of rotatable bonds is 6. The molecule has 2 N–H and O–H groups in total. The number of quaternary nitrogens is 1. The van der Waals surface area contributed by atoms with E-state index in [-0.39, 0.29) is 11.3 Å². The Morgan fingerprint density at radius 2 is 2.04 bits per heavy atom. The molecule has 2 aromatic heterocycles. The van der Waals surface area contributed by atoms with Crippen LogP contribution in [0.5, 0.6) is 0 Å². The number of Topliss-reactive ketones (excluding diaryl/α,β-unsaturated/α-hetero) is 1. The summed E-state index contributed by atoms with van der Waals surface area (Å²) in [5, 5.41) is 10.4. The van der Waals surface area contributed by atoms with Crippen LogP contribution in [0, 0.1) is 0 Å². The minimum Gasteiger partial charge on any atom is -0.503 e. The number of ketones is 1. The van der Waals surface area contributed by atoms with Crippen molar-refractivity contribution in [3.8, 4) is 0 Å². The topological polar surface area (TPSA) is 88.1 Å². The van der Waals surface area contributed by atoms with E-state index in [0.717, 1.165) is 10.5 Å². The Labute approximate surface area is 145 Å². The number of aromatic nitrogens is 1. The highest BCUT2D eigenvalue weighted by atomic mass is 16.3. The molecule has 25 heavy (non-hydrogen) atoms. The number of hydrogen-bond acceptors (Lipinski definition) is 5. The third-order valence-electron chi connectivity index (χ3n) is 4.17. The zero-order valence-corrected chi connectivity index (χ0v) is 14.1. The number of aliphatic hydroxyl groups excluding tert-OH is 1. The molecule has 0 saturated heterocycles. The average molecular weight is 342 g/mol. The van der Waals surface area contributed by atoms with E-state index in [2.05, 4.69) is 4.98 Å². The van der Waals surface area contributed by atoms with E-state index in [1.54, 1.807) is 30.6 Å². The highest BCUT2D eigenvalue weighted by Crippen LogP contribution is 2.38. The van der Waals surface area contributed by atoms with Gasteiger partial charge in [-0.05, 0) is 29.8 Å². The van der Waals surface area contributed by atoms with Crippen LogP contribution in [0.1, 0.15) is 22.2 Å². The van der Waals surface area contributed by atoms with Crippen LogP contribution in [-0.2, 0) is 4.79 Å². The molecule has 3 rings (SSSR count). The van der Waals surface area contributed by atoms with E-state index >= 15 is 0 Å². The van der Waals surface area contributed by atoms with E-state index in [1.807, 2.05) is 14.1 Å². The van der Waals surface area contributed by atoms with Gasteiger partial charge in [0.1, 0.15) is 0 Å². The first-order valence-corrected chi connectivity index (χ1v) is 8.02. The molecule has 0 unspecified atom stereocenters. The number of carbonyl (C=O) groups excluding carboxylic acids is 2. The van der Waals surface area contributed by atoms with Crippen molar-refractivity contribution in [2.45, 2.75) is 6.04 Å². The van der Waals surface area contributed by atoms with Gasteiger partial charge in [0, 0.05) is 12.4 Å². The van der Waals surface area contributed by atoms with Crippen molar-refractivity contribution in [3.05, 3.63) is 65.6 Å². The minimum absolute atomic E-state index is 0.0416. The lowest BCUT2D eigenvalue weighted by Crippen LogP contribution is -3.06. The maximum Gasteiger partial charge on any atom is 0.290 e. The fourth-order valence-corrected chi connectivity index (χ4v) is 2.89. The average Bonchev–Trinajstić information content (AvgIpc) is 3.22. The Morgan fingerprint density at radius 1 is 1.32 bits per heavy atom. The minimum atomic E-state index is -0.660. The molecule has 7 nitrogen and oxygen atoms in total. The second kappa shape index (κ2) is 6.90. The molecule has 1 amide bonds. The number of hydrogen-bond donors (Lipinski definition) is 2. The standard InChI is InChI=1S/C18H19N3O4/c1-20(2)9-10-21-15(12-5-7-19-8-6-12)14(17(23)18(21)24)16(22)13-4-3-11-25-13/h3-8,11,15,23H,9-10H2,1-2H3/p+1/t15-/m1/s1. The van der Waals surface area contributed by atoms with Gasteiger partial charge in [-0.3, -0.25) is 14.6 Å². The van der Waals surface area contributed by atoms with Gasteiger partial charge in [0.15, 0.2) is 11.5 Å². The van der Waals surface area contributed by atoms with Crippen LogP contribution in [-0.4, -0.2) is 53.9 Å². The number of aliphatic hydroxyl groups is 1. The predicted octanol–water partition coefficient (Wildman–Crippen LogP) is 0.397. The highest BCUT2D eigenvalue weighted by Gasteiger charge is 2.44. The Morgan fingerprint density at radius 3 is 2.64 bits per heavy atom. The molecule has 3 heterocycles. The SMILES string of the molecule is C[NH+](C)CCN1C(=O)C(O)=C(C(=O)c2ccco2)[C@H]1c1ccncc1. The lowest BCUT2D eigenvalue weighted by Gasteiger charge is -2.26. The molecule has 0 spiro atoms. The van der Waals surface area contributed by atoms with Gasteiger partial charge in [-0.15, -0.1) is 0 Å². The zero-order chi connectivity index (χ0) is 18.0. The number of amides is 1. The van der Waals surface area contributed by atoms with E-state index in [4.69, 9.17) is 4.42 Å². The smallest absolute Gasteiger partial charge is 0.290 e.